The van der Waals surface area contributed by atoms with Gasteiger partial charge < -0.3 is 15.5 Å². The zero-order valence-corrected chi connectivity index (χ0v) is 11.0. The van der Waals surface area contributed by atoms with E-state index in [-0.39, 0.29) is 17.1 Å². The van der Waals surface area contributed by atoms with Gasteiger partial charge >= 0.3 is 0 Å². The zero-order valence-electron chi connectivity index (χ0n) is 9.52. The van der Waals surface area contributed by atoms with Gasteiger partial charge in [0.05, 0.1) is 10.0 Å². The topological polar surface area (TPSA) is 69.6 Å². The maximum Gasteiger partial charge on any atom is 0.255 e. The zero-order chi connectivity index (χ0) is 14.0. The van der Waals surface area contributed by atoms with E-state index in [9.17, 15) is 15.0 Å². The van der Waals surface area contributed by atoms with Crippen LogP contribution in [0.25, 0.3) is 0 Å². The fourth-order valence-corrected chi connectivity index (χ4v) is 1.80. The number of carbonyl (C=O) groups is 1. The van der Waals surface area contributed by atoms with E-state index in [0.717, 1.165) is 6.07 Å². The van der Waals surface area contributed by atoms with Crippen LogP contribution in [-0.4, -0.2) is 16.1 Å². The molecule has 0 atom stereocenters. The van der Waals surface area contributed by atoms with Crippen molar-refractivity contribution in [2.45, 2.75) is 0 Å². The number of nitrogens with one attached hydrogen (secondary N) is 1. The minimum atomic E-state index is -0.482. The van der Waals surface area contributed by atoms with Crippen molar-refractivity contribution < 1.29 is 15.0 Å². The summed E-state index contributed by atoms with van der Waals surface area (Å²) in [7, 11) is 0. The molecular weight excluding hydrogens is 289 g/mol. The quantitative estimate of drug-likeness (QED) is 0.792. The Morgan fingerprint density at radius 2 is 1.58 bits per heavy atom. The van der Waals surface area contributed by atoms with Crippen molar-refractivity contribution in [2.24, 2.45) is 0 Å². The minimum absolute atomic E-state index is 0.128. The highest BCUT2D eigenvalue weighted by Gasteiger charge is 2.09. The first kappa shape index (κ1) is 13.5. The molecule has 2 aromatic rings. The van der Waals surface area contributed by atoms with Crippen LogP contribution in [0, 0.1) is 0 Å². The number of carbonyl (C=O) groups excluding carboxylic acids is 1. The van der Waals surface area contributed by atoms with Crippen molar-refractivity contribution in [1.82, 2.24) is 0 Å². The molecule has 0 heterocycles. The summed E-state index contributed by atoms with van der Waals surface area (Å²) in [6.07, 6.45) is 0. The molecule has 0 spiro atoms. The number of phenols is 2. The lowest BCUT2D eigenvalue weighted by atomic mass is 10.2. The van der Waals surface area contributed by atoms with Gasteiger partial charge in [-0.05, 0) is 30.3 Å². The number of benzene rings is 2. The summed E-state index contributed by atoms with van der Waals surface area (Å²) in [6, 6.07) is 8.27. The minimum Gasteiger partial charge on any atom is -0.508 e. The predicted octanol–water partition coefficient (Wildman–Crippen LogP) is 3.66. The molecule has 1 amide bonds. The number of amides is 1. The second-order valence-corrected chi connectivity index (χ2v) is 4.64. The Bertz CT molecular complexity index is 624. The van der Waals surface area contributed by atoms with Crippen LogP contribution in [0.2, 0.25) is 10.0 Å². The van der Waals surface area contributed by atoms with Gasteiger partial charge in [-0.25, -0.2) is 0 Å². The molecule has 0 aliphatic carbocycles. The molecule has 0 saturated heterocycles. The normalized spacial score (nSPS) is 10.2. The molecule has 3 N–H and O–H groups in total. The summed E-state index contributed by atoms with van der Waals surface area (Å²) in [5, 5.41) is 21.9. The van der Waals surface area contributed by atoms with Crippen LogP contribution in [-0.2, 0) is 0 Å². The van der Waals surface area contributed by atoms with Crippen molar-refractivity contribution in [1.29, 1.82) is 0 Å². The maximum atomic E-state index is 11.9. The van der Waals surface area contributed by atoms with Crippen LogP contribution < -0.4 is 5.32 Å². The third-order valence-electron chi connectivity index (χ3n) is 2.34. The fourth-order valence-electron chi connectivity index (χ4n) is 1.50. The SMILES string of the molecule is O=C(Nc1ccc(Cl)c(Cl)c1)c1cc(O)cc(O)c1. The van der Waals surface area contributed by atoms with E-state index < -0.39 is 5.91 Å². The van der Waals surface area contributed by atoms with Gasteiger partial charge in [0.15, 0.2) is 0 Å². The van der Waals surface area contributed by atoms with Crippen LogP contribution in [0.3, 0.4) is 0 Å². The second-order valence-electron chi connectivity index (χ2n) is 3.82. The third kappa shape index (κ3) is 3.30. The summed E-state index contributed by atoms with van der Waals surface area (Å²) in [4.78, 5) is 11.9. The van der Waals surface area contributed by atoms with Gasteiger partial charge in [-0.1, -0.05) is 23.2 Å². The average molecular weight is 298 g/mol. The van der Waals surface area contributed by atoms with E-state index >= 15 is 0 Å². The van der Waals surface area contributed by atoms with Crippen LogP contribution in [0.4, 0.5) is 5.69 Å². The van der Waals surface area contributed by atoms with Crippen LogP contribution in [0.15, 0.2) is 36.4 Å². The Hall–Kier alpha value is -1.91. The number of phenolic OH excluding ortho intramolecular Hbond substituents is 2. The number of aromatic hydroxyl groups is 2. The molecule has 0 radical (unpaired) electrons. The van der Waals surface area contributed by atoms with E-state index in [4.69, 9.17) is 23.2 Å². The summed E-state index contributed by atoms with van der Waals surface area (Å²) in [5.41, 5.74) is 0.589. The molecule has 2 aromatic carbocycles. The highest BCUT2D eigenvalue weighted by Crippen LogP contribution is 2.26. The van der Waals surface area contributed by atoms with Gasteiger partial charge in [-0.2, -0.15) is 0 Å². The number of halogens is 2. The first-order chi connectivity index (χ1) is 8.95. The molecule has 0 aliphatic heterocycles. The van der Waals surface area contributed by atoms with Crippen LogP contribution in [0.1, 0.15) is 10.4 Å². The Morgan fingerprint density at radius 1 is 0.947 bits per heavy atom. The lowest BCUT2D eigenvalue weighted by Gasteiger charge is -2.07. The Balaban J connectivity index is 2.22. The first-order valence-corrected chi connectivity index (χ1v) is 6.01. The number of hydrogen-bond acceptors (Lipinski definition) is 3. The van der Waals surface area contributed by atoms with Crippen molar-refractivity contribution in [2.75, 3.05) is 5.32 Å². The molecule has 6 heteroatoms. The van der Waals surface area contributed by atoms with E-state index in [1.54, 1.807) is 12.1 Å². The maximum absolute atomic E-state index is 11.9. The average Bonchev–Trinajstić information content (AvgIpc) is 2.32. The lowest BCUT2D eigenvalue weighted by molar-refractivity contribution is 0.102. The third-order valence-corrected chi connectivity index (χ3v) is 3.08. The summed E-state index contributed by atoms with van der Waals surface area (Å²) < 4.78 is 0. The van der Waals surface area contributed by atoms with Gasteiger partial charge in [0.25, 0.3) is 5.91 Å². The Labute approximate surface area is 119 Å². The molecule has 0 saturated carbocycles. The summed E-state index contributed by atoms with van der Waals surface area (Å²) in [5.74, 6) is -0.872. The molecule has 0 fully saturated rings. The van der Waals surface area contributed by atoms with Crippen molar-refractivity contribution in [3.05, 3.63) is 52.0 Å². The van der Waals surface area contributed by atoms with Crippen molar-refractivity contribution in [3.8, 4) is 11.5 Å². The van der Waals surface area contributed by atoms with Crippen LogP contribution in [0.5, 0.6) is 11.5 Å². The molecule has 98 valence electrons. The van der Waals surface area contributed by atoms with Gasteiger partial charge in [-0.3, -0.25) is 4.79 Å². The molecule has 0 aliphatic rings. The second kappa shape index (κ2) is 5.38. The standard InChI is InChI=1S/C13H9Cl2NO3/c14-11-2-1-8(5-12(11)15)16-13(19)7-3-9(17)6-10(18)4-7/h1-6,17-18H,(H,16,19). The molecule has 0 aromatic heterocycles. The van der Waals surface area contributed by atoms with E-state index in [0.29, 0.717) is 15.7 Å². The number of rotatable bonds is 2. The molecule has 2 rings (SSSR count). The highest BCUT2D eigenvalue weighted by atomic mass is 35.5. The van der Waals surface area contributed by atoms with Gasteiger partial charge in [-0.15, -0.1) is 0 Å². The van der Waals surface area contributed by atoms with E-state index in [1.165, 1.54) is 18.2 Å². The molecular formula is C13H9Cl2NO3. The smallest absolute Gasteiger partial charge is 0.255 e. The molecule has 4 nitrogen and oxygen atoms in total. The van der Waals surface area contributed by atoms with Crippen LogP contribution >= 0.6 is 23.2 Å². The predicted molar refractivity (Wildman–Crippen MR) is 74.2 cm³/mol. The largest absolute Gasteiger partial charge is 0.508 e. The Morgan fingerprint density at radius 3 is 2.16 bits per heavy atom. The lowest BCUT2D eigenvalue weighted by Crippen LogP contribution is -2.11. The summed E-state index contributed by atoms with van der Waals surface area (Å²) in [6.45, 7) is 0. The fraction of sp³-hybridized carbons (Fsp3) is 0. The van der Waals surface area contributed by atoms with Crippen molar-refractivity contribution in [3.63, 3.8) is 0 Å². The Kier molecular flexibility index (Phi) is 3.83. The molecule has 0 unspecified atom stereocenters. The van der Waals surface area contributed by atoms with Gasteiger partial charge in [0.1, 0.15) is 11.5 Å². The van der Waals surface area contributed by atoms with Gasteiger partial charge in [0.2, 0.25) is 0 Å². The highest BCUT2D eigenvalue weighted by molar-refractivity contribution is 6.42. The molecule has 0 bridgehead atoms. The number of hydrogen-bond donors (Lipinski definition) is 3. The van der Waals surface area contributed by atoms with E-state index in [1.807, 2.05) is 0 Å². The molecule has 19 heavy (non-hydrogen) atoms. The first-order valence-electron chi connectivity index (χ1n) is 5.25. The monoisotopic (exact) mass is 297 g/mol. The van der Waals surface area contributed by atoms with Crippen molar-refractivity contribution >= 4 is 34.8 Å². The summed E-state index contributed by atoms with van der Waals surface area (Å²) >= 11 is 11.6. The number of anilines is 1. The van der Waals surface area contributed by atoms with Gasteiger partial charge in [0, 0.05) is 17.3 Å². The van der Waals surface area contributed by atoms with E-state index in [2.05, 4.69) is 5.32 Å².